The van der Waals surface area contributed by atoms with Gasteiger partial charge in [-0.05, 0) is 68.5 Å². The van der Waals surface area contributed by atoms with E-state index in [2.05, 4.69) is 5.32 Å². The number of hydrogen-bond donors (Lipinski definition) is 1. The number of carbonyl (C=O) groups excluding carboxylic acids is 1. The zero-order chi connectivity index (χ0) is 21.4. The molecule has 0 bridgehead atoms. The van der Waals surface area contributed by atoms with Crippen LogP contribution in [0.15, 0.2) is 42.7 Å². The molecule has 4 rings (SSSR count). The highest BCUT2D eigenvalue weighted by atomic mass is 16.5. The average Bonchev–Trinajstić information content (AvgIpc) is 2.69. The molecule has 1 aliphatic heterocycles. The van der Waals surface area contributed by atoms with Crippen molar-refractivity contribution in [2.45, 2.75) is 39.5 Å². The zero-order valence-electron chi connectivity index (χ0n) is 17.2. The van der Waals surface area contributed by atoms with Gasteiger partial charge in [-0.3, -0.25) is 4.79 Å². The summed E-state index contributed by atoms with van der Waals surface area (Å²) in [5.74, 6) is 0.199. The Kier molecular flexibility index (Phi) is 5.30. The normalized spacial score (nSPS) is 14.8. The highest BCUT2D eigenvalue weighted by Crippen LogP contribution is 2.28. The summed E-state index contributed by atoms with van der Waals surface area (Å²) in [7, 11) is 0. The number of ether oxygens (including phenoxy) is 1. The zero-order valence-corrected chi connectivity index (χ0v) is 17.2. The van der Waals surface area contributed by atoms with Crippen molar-refractivity contribution >= 4 is 22.6 Å². The molecule has 1 saturated heterocycles. The predicted molar refractivity (Wildman–Crippen MR) is 112 cm³/mol. The van der Waals surface area contributed by atoms with Crippen LogP contribution < -0.4 is 16.6 Å². The van der Waals surface area contributed by atoms with Gasteiger partial charge >= 0.3 is 11.3 Å². The fourth-order valence-electron chi connectivity index (χ4n) is 3.88. The first-order chi connectivity index (χ1) is 14.3. The molecule has 30 heavy (non-hydrogen) atoms. The van der Waals surface area contributed by atoms with Crippen molar-refractivity contribution in [1.29, 1.82) is 0 Å². The summed E-state index contributed by atoms with van der Waals surface area (Å²) < 4.78 is 16.1. The second-order valence-electron chi connectivity index (χ2n) is 7.75. The molecule has 1 fully saturated rings. The van der Waals surface area contributed by atoms with Crippen LogP contribution >= 0.6 is 0 Å². The molecule has 0 saturated carbocycles. The van der Waals surface area contributed by atoms with Crippen LogP contribution in [0.4, 0.5) is 5.69 Å². The second-order valence-corrected chi connectivity index (χ2v) is 7.75. The van der Waals surface area contributed by atoms with Crippen LogP contribution in [0.25, 0.3) is 11.0 Å². The molecule has 2 aromatic heterocycles. The molecule has 0 spiro atoms. The first kappa shape index (κ1) is 20.1. The third-order valence-corrected chi connectivity index (χ3v) is 5.56. The van der Waals surface area contributed by atoms with Crippen molar-refractivity contribution in [1.82, 2.24) is 0 Å². The highest BCUT2D eigenvalue weighted by Gasteiger charge is 2.23. The summed E-state index contributed by atoms with van der Waals surface area (Å²) >= 11 is 0. The van der Waals surface area contributed by atoms with Crippen molar-refractivity contribution in [3.05, 3.63) is 73.1 Å². The number of rotatable bonds is 3. The Morgan fingerprint density at radius 2 is 1.67 bits per heavy atom. The predicted octanol–water partition coefficient (Wildman–Crippen LogP) is 3.82. The van der Waals surface area contributed by atoms with Crippen LogP contribution in [-0.2, 0) is 4.74 Å². The molecule has 0 unspecified atom stereocenters. The maximum absolute atomic E-state index is 12.9. The summed E-state index contributed by atoms with van der Waals surface area (Å²) in [6.07, 6.45) is 1.58. The van der Waals surface area contributed by atoms with Gasteiger partial charge in [0.05, 0.1) is 0 Å². The van der Waals surface area contributed by atoms with Gasteiger partial charge in [-0.25, -0.2) is 9.59 Å². The van der Waals surface area contributed by atoms with E-state index < -0.39 is 17.2 Å². The van der Waals surface area contributed by atoms with E-state index in [0.29, 0.717) is 46.8 Å². The van der Waals surface area contributed by atoms with Gasteiger partial charge in [-0.1, -0.05) is 0 Å². The molecule has 156 valence electrons. The minimum atomic E-state index is -0.644. The quantitative estimate of drug-likeness (QED) is 0.661. The average molecular weight is 409 g/mol. The molecule has 0 radical (unpaired) electrons. The Morgan fingerprint density at radius 3 is 2.37 bits per heavy atom. The lowest BCUT2D eigenvalue weighted by Gasteiger charge is -2.21. The van der Waals surface area contributed by atoms with Gasteiger partial charge in [0.2, 0.25) is 0 Å². The first-order valence-corrected chi connectivity index (χ1v) is 9.92. The van der Waals surface area contributed by atoms with Crippen molar-refractivity contribution < 1.29 is 18.4 Å². The van der Waals surface area contributed by atoms with Crippen LogP contribution in [0.5, 0.6) is 0 Å². The van der Waals surface area contributed by atoms with Crippen LogP contribution in [-0.4, -0.2) is 19.1 Å². The van der Waals surface area contributed by atoms with Gasteiger partial charge in [0.1, 0.15) is 16.9 Å². The largest absolute Gasteiger partial charge is 0.427 e. The third-order valence-electron chi connectivity index (χ3n) is 5.56. The lowest BCUT2D eigenvalue weighted by Crippen LogP contribution is -2.24. The fourth-order valence-corrected chi connectivity index (χ4v) is 3.88. The Bertz CT molecular complexity index is 1250. The molecule has 3 heterocycles. The molecule has 7 heteroatoms. The van der Waals surface area contributed by atoms with Crippen LogP contribution in [0.1, 0.15) is 51.6 Å². The smallest absolute Gasteiger partial charge is 0.349 e. The summed E-state index contributed by atoms with van der Waals surface area (Å²) in [4.78, 5) is 37.1. The summed E-state index contributed by atoms with van der Waals surface area (Å²) in [5.41, 5.74) is 1.94. The minimum Gasteiger partial charge on any atom is -0.427 e. The van der Waals surface area contributed by atoms with E-state index in [1.54, 1.807) is 39.0 Å². The van der Waals surface area contributed by atoms with E-state index in [4.69, 9.17) is 13.6 Å². The lowest BCUT2D eigenvalue weighted by atomic mass is 9.95. The molecule has 1 N–H and O–H groups in total. The number of anilines is 1. The summed E-state index contributed by atoms with van der Waals surface area (Å²) in [6, 6.07) is 6.62. The maximum atomic E-state index is 12.9. The SMILES string of the molecule is Cc1cc2oc(=O)cc(C)c2cc1NC(=O)c1c(C)cc(C2CCOCC2)oc1=O. The van der Waals surface area contributed by atoms with Crippen LogP contribution in [0.3, 0.4) is 0 Å². The lowest BCUT2D eigenvalue weighted by molar-refractivity contribution is 0.0796. The monoisotopic (exact) mass is 409 g/mol. The van der Waals surface area contributed by atoms with Crippen molar-refractivity contribution in [3.8, 4) is 0 Å². The van der Waals surface area contributed by atoms with E-state index in [1.165, 1.54) is 6.07 Å². The van der Waals surface area contributed by atoms with Crippen LogP contribution in [0, 0.1) is 20.8 Å². The first-order valence-electron chi connectivity index (χ1n) is 9.92. The van der Waals surface area contributed by atoms with Gasteiger partial charge < -0.3 is 18.9 Å². The summed E-state index contributed by atoms with van der Waals surface area (Å²) in [6.45, 7) is 6.60. The van der Waals surface area contributed by atoms with E-state index in [0.717, 1.165) is 18.4 Å². The molecule has 1 aliphatic rings. The molecule has 7 nitrogen and oxygen atoms in total. The number of aryl methyl sites for hydroxylation is 3. The van der Waals surface area contributed by atoms with Crippen LogP contribution in [0.2, 0.25) is 0 Å². The van der Waals surface area contributed by atoms with E-state index in [1.807, 2.05) is 0 Å². The molecule has 0 atom stereocenters. The van der Waals surface area contributed by atoms with Gasteiger partial charge in [-0.15, -0.1) is 0 Å². The van der Waals surface area contributed by atoms with Gasteiger partial charge in [0, 0.05) is 36.3 Å². The number of nitrogens with one attached hydrogen (secondary N) is 1. The third kappa shape index (κ3) is 3.80. The molecule has 1 aromatic carbocycles. The Balaban J connectivity index is 1.66. The molecular weight excluding hydrogens is 386 g/mol. The van der Waals surface area contributed by atoms with E-state index in [9.17, 15) is 14.4 Å². The van der Waals surface area contributed by atoms with E-state index in [-0.39, 0.29) is 11.5 Å². The molecular formula is C23H23NO6. The van der Waals surface area contributed by atoms with Crippen molar-refractivity contribution in [3.63, 3.8) is 0 Å². The summed E-state index contributed by atoms with van der Waals surface area (Å²) in [5, 5.41) is 3.52. The fraction of sp³-hybridized carbons (Fsp3) is 0.348. The molecule has 0 aliphatic carbocycles. The number of carbonyl (C=O) groups is 1. The van der Waals surface area contributed by atoms with Gasteiger partial charge in [-0.2, -0.15) is 0 Å². The Morgan fingerprint density at radius 1 is 0.933 bits per heavy atom. The van der Waals surface area contributed by atoms with Gasteiger partial charge in [0.25, 0.3) is 5.91 Å². The van der Waals surface area contributed by atoms with Gasteiger partial charge in [0.15, 0.2) is 0 Å². The Hall–Kier alpha value is -3.19. The standard InChI is InChI=1S/C23H23NO6/c1-12-10-20(25)29-19-8-13(2)17(11-16(12)19)24-22(26)21-14(3)9-18(30-23(21)27)15-4-6-28-7-5-15/h8-11,15H,4-7H2,1-3H3,(H,24,26). The van der Waals surface area contributed by atoms with E-state index >= 15 is 0 Å². The highest BCUT2D eigenvalue weighted by molar-refractivity contribution is 6.06. The van der Waals surface area contributed by atoms with Crippen molar-refractivity contribution in [2.24, 2.45) is 0 Å². The number of fused-ring (bicyclic) bond motifs is 1. The number of hydrogen-bond acceptors (Lipinski definition) is 6. The molecule has 1 amide bonds. The minimum absolute atomic E-state index is 0.0124. The Labute approximate surface area is 172 Å². The number of amides is 1. The molecule has 3 aromatic rings. The maximum Gasteiger partial charge on any atom is 0.349 e. The number of benzene rings is 1. The van der Waals surface area contributed by atoms with Crippen molar-refractivity contribution in [2.75, 3.05) is 18.5 Å². The second kappa shape index (κ2) is 7.91. The topological polar surface area (TPSA) is 98.8 Å².